The Bertz CT molecular complexity index is 405. The third-order valence-corrected chi connectivity index (χ3v) is 3.48. The van der Waals surface area contributed by atoms with E-state index < -0.39 is 0 Å². The molecule has 1 atom stereocenters. The third-order valence-electron chi connectivity index (χ3n) is 3.48. The van der Waals surface area contributed by atoms with Crippen molar-refractivity contribution in [3.05, 3.63) is 11.4 Å². The monoisotopic (exact) mass is 253 g/mol. The molecule has 100 valence electrons. The lowest BCUT2D eigenvalue weighted by Crippen LogP contribution is -2.40. The average Bonchev–Trinajstić information content (AvgIpc) is 2.77. The van der Waals surface area contributed by atoms with E-state index >= 15 is 0 Å². The highest BCUT2D eigenvalue weighted by molar-refractivity contribution is 5.69. The zero-order chi connectivity index (χ0) is 13.0. The number of ether oxygens (including phenoxy) is 1. The molecule has 0 amide bonds. The van der Waals surface area contributed by atoms with Crippen molar-refractivity contribution in [2.75, 3.05) is 13.7 Å². The van der Waals surface area contributed by atoms with Crippen molar-refractivity contribution in [2.24, 2.45) is 0 Å². The molecule has 0 bridgehead atoms. The van der Waals surface area contributed by atoms with E-state index in [-0.39, 0.29) is 12.0 Å². The molecule has 0 aliphatic carbocycles. The van der Waals surface area contributed by atoms with E-state index in [9.17, 15) is 4.79 Å². The van der Waals surface area contributed by atoms with Gasteiger partial charge >= 0.3 is 5.97 Å². The number of carbonyl (C=O) groups is 1. The lowest BCUT2D eigenvalue weighted by Gasteiger charge is -2.34. The van der Waals surface area contributed by atoms with Crippen LogP contribution in [0.25, 0.3) is 0 Å². The number of carbonyl (C=O) groups excluding carboxylic acids is 1. The SMILES string of the molecule is COC(=O)CC1CCCCN1Cc1nonc1C. The van der Waals surface area contributed by atoms with Crippen LogP contribution in [0.2, 0.25) is 0 Å². The highest BCUT2D eigenvalue weighted by Gasteiger charge is 2.26. The summed E-state index contributed by atoms with van der Waals surface area (Å²) in [5, 5.41) is 7.68. The minimum Gasteiger partial charge on any atom is -0.469 e. The molecule has 1 aliphatic heterocycles. The van der Waals surface area contributed by atoms with Crippen LogP contribution < -0.4 is 0 Å². The van der Waals surface area contributed by atoms with Crippen LogP contribution >= 0.6 is 0 Å². The Hall–Kier alpha value is -1.43. The molecule has 0 aromatic carbocycles. The van der Waals surface area contributed by atoms with Gasteiger partial charge in [0.15, 0.2) is 0 Å². The van der Waals surface area contributed by atoms with Gasteiger partial charge in [0, 0.05) is 12.6 Å². The minimum absolute atomic E-state index is 0.151. The first-order chi connectivity index (χ1) is 8.70. The number of esters is 1. The van der Waals surface area contributed by atoms with E-state index in [1.165, 1.54) is 7.11 Å². The molecule has 1 saturated heterocycles. The number of piperidine rings is 1. The predicted molar refractivity (Wildman–Crippen MR) is 63.7 cm³/mol. The average molecular weight is 253 g/mol. The standard InChI is InChI=1S/C12H19N3O3/c1-9-11(14-18-13-9)8-15-6-4-3-5-10(15)7-12(16)17-2/h10H,3-8H2,1-2H3. The summed E-state index contributed by atoms with van der Waals surface area (Å²) in [5.74, 6) is -0.151. The maximum atomic E-state index is 11.4. The first kappa shape index (κ1) is 13.0. The summed E-state index contributed by atoms with van der Waals surface area (Å²) in [6.45, 7) is 3.55. The van der Waals surface area contributed by atoms with Gasteiger partial charge < -0.3 is 4.74 Å². The summed E-state index contributed by atoms with van der Waals surface area (Å²) >= 11 is 0. The van der Waals surface area contributed by atoms with Gasteiger partial charge in [-0.1, -0.05) is 16.7 Å². The van der Waals surface area contributed by atoms with Gasteiger partial charge in [0.25, 0.3) is 0 Å². The fourth-order valence-electron chi connectivity index (χ4n) is 2.36. The Morgan fingerprint density at radius 2 is 2.33 bits per heavy atom. The molecule has 18 heavy (non-hydrogen) atoms. The predicted octanol–water partition coefficient (Wildman–Crippen LogP) is 1.30. The zero-order valence-corrected chi connectivity index (χ0v) is 10.9. The molecule has 6 heteroatoms. The second-order valence-corrected chi connectivity index (χ2v) is 4.70. The second kappa shape index (κ2) is 5.95. The van der Waals surface area contributed by atoms with Crippen LogP contribution in [0.1, 0.15) is 37.1 Å². The van der Waals surface area contributed by atoms with Crippen LogP contribution in [0.3, 0.4) is 0 Å². The molecule has 1 fully saturated rings. The number of likely N-dealkylation sites (tertiary alicyclic amines) is 1. The van der Waals surface area contributed by atoms with Crippen molar-refractivity contribution in [3.63, 3.8) is 0 Å². The van der Waals surface area contributed by atoms with Crippen molar-refractivity contribution in [3.8, 4) is 0 Å². The van der Waals surface area contributed by atoms with Crippen LogP contribution in [-0.4, -0.2) is 40.9 Å². The van der Waals surface area contributed by atoms with Gasteiger partial charge in [0.05, 0.1) is 13.5 Å². The van der Waals surface area contributed by atoms with Crippen LogP contribution in [0.15, 0.2) is 4.63 Å². The van der Waals surface area contributed by atoms with Crippen LogP contribution in [0.4, 0.5) is 0 Å². The third kappa shape index (κ3) is 3.07. The van der Waals surface area contributed by atoms with Crippen molar-refractivity contribution < 1.29 is 14.2 Å². The van der Waals surface area contributed by atoms with Gasteiger partial charge in [-0.2, -0.15) is 0 Å². The van der Waals surface area contributed by atoms with E-state index in [0.29, 0.717) is 13.0 Å². The van der Waals surface area contributed by atoms with Crippen molar-refractivity contribution >= 4 is 5.97 Å². The van der Waals surface area contributed by atoms with Gasteiger partial charge in [0.1, 0.15) is 11.4 Å². The highest BCUT2D eigenvalue weighted by Crippen LogP contribution is 2.22. The second-order valence-electron chi connectivity index (χ2n) is 4.70. The molecule has 1 unspecified atom stereocenters. The molecule has 0 saturated carbocycles. The Morgan fingerprint density at radius 1 is 1.50 bits per heavy atom. The number of methoxy groups -OCH3 is 1. The van der Waals surface area contributed by atoms with Gasteiger partial charge in [0.2, 0.25) is 0 Å². The van der Waals surface area contributed by atoms with Crippen molar-refractivity contribution in [1.82, 2.24) is 15.2 Å². The van der Waals surface area contributed by atoms with Crippen molar-refractivity contribution in [1.29, 1.82) is 0 Å². The summed E-state index contributed by atoms with van der Waals surface area (Å²) in [4.78, 5) is 13.7. The molecule has 2 heterocycles. The molecule has 6 nitrogen and oxygen atoms in total. The van der Waals surface area contributed by atoms with E-state index in [0.717, 1.165) is 37.2 Å². The van der Waals surface area contributed by atoms with E-state index in [1.54, 1.807) is 0 Å². The summed E-state index contributed by atoms with van der Waals surface area (Å²) in [6.07, 6.45) is 3.79. The fraction of sp³-hybridized carbons (Fsp3) is 0.750. The maximum Gasteiger partial charge on any atom is 0.307 e. The topological polar surface area (TPSA) is 68.5 Å². The molecule has 1 aliphatic rings. The Morgan fingerprint density at radius 3 is 3.00 bits per heavy atom. The van der Waals surface area contributed by atoms with E-state index in [1.807, 2.05) is 6.92 Å². The Labute approximate surface area is 106 Å². The van der Waals surface area contributed by atoms with Crippen LogP contribution in [0, 0.1) is 6.92 Å². The molecule has 0 spiro atoms. The summed E-state index contributed by atoms with van der Waals surface area (Å²) in [7, 11) is 1.43. The van der Waals surface area contributed by atoms with Gasteiger partial charge in [-0.15, -0.1) is 0 Å². The number of hydrogen-bond acceptors (Lipinski definition) is 6. The number of nitrogens with zero attached hydrogens (tertiary/aromatic N) is 3. The molecule has 1 aromatic rings. The quantitative estimate of drug-likeness (QED) is 0.753. The van der Waals surface area contributed by atoms with E-state index in [4.69, 9.17) is 9.37 Å². The lowest BCUT2D eigenvalue weighted by atomic mass is 9.99. The maximum absolute atomic E-state index is 11.4. The molecule has 2 rings (SSSR count). The highest BCUT2D eigenvalue weighted by atomic mass is 16.6. The van der Waals surface area contributed by atoms with Gasteiger partial charge in [-0.25, -0.2) is 4.63 Å². The smallest absolute Gasteiger partial charge is 0.307 e. The minimum atomic E-state index is -0.151. The van der Waals surface area contributed by atoms with E-state index in [2.05, 4.69) is 15.2 Å². The summed E-state index contributed by atoms with van der Waals surface area (Å²) in [5.41, 5.74) is 1.67. The molecule has 1 aromatic heterocycles. The normalized spacial score (nSPS) is 20.9. The number of hydrogen-bond donors (Lipinski definition) is 0. The number of aromatic nitrogens is 2. The number of aryl methyl sites for hydroxylation is 1. The first-order valence-electron chi connectivity index (χ1n) is 6.29. The summed E-state index contributed by atoms with van der Waals surface area (Å²) < 4.78 is 9.45. The summed E-state index contributed by atoms with van der Waals surface area (Å²) in [6, 6.07) is 0.238. The zero-order valence-electron chi connectivity index (χ0n) is 10.9. The van der Waals surface area contributed by atoms with Crippen LogP contribution in [0.5, 0.6) is 0 Å². The lowest BCUT2D eigenvalue weighted by molar-refractivity contribution is -0.142. The molecular weight excluding hydrogens is 234 g/mol. The van der Waals surface area contributed by atoms with Crippen molar-refractivity contribution in [2.45, 2.75) is 45.2 Å². The largest absolute Gasteiger partial charge is 0.469 e. The first-order valence-corrected chi connectivity index (χ1v) is 6.29. The molecular formula is C12H19N3O3. The molecule has 0 N–H and O–H groups in total. The Balaban J connectivity index is 1.99. The van der Waals surface area contributed by atoms with Crippen LogP contribution in [-0.2, 0) is 16.1 Å². The Kier molecular flexibility index (Phi) is 4.30. The van der Waals surface area contributed by atoms with Gasteiger partial charge in [-0.3, -0.25) is 9.69 Å². The fourth-order valence-corrected chi connectivity index (χ4v) is 2.36. The van der Waals surface area contributed by atoms with Gasteiger partial charge in [-0.05, 0) is 26.3 Å². The molecule has 0 radical (unpaired) electrons. The number of rotatable bonds is 4.